The van der Waals surface area contributed by atoms with Crippen LogP contribution in [-0.2, 0) is 6.42 Å². The van der Waals surface area contributed by atoms with Crippen molar-refractivity contribution < 1.29 is 9.21 Å². The summed E-state index contributed by atoms with van der Waals surface area (Å²) in [6.07, 6.45) is 7.76. The molecule has 0 radical (unpaired) electrons. The third-order valence-electron chi connectivity index (χ3n) is 1.80. The van der Waals surface area contributed by atoms with Crippen LogP contribution in [0.15, 0.2) is 40.9 Å². The Bertz CT molecular complexity index is 444. The second-order valence-electron chi connectivity index (χ2n) is 3.01. The number of hydrogen-bond donors (Lipinski definition) is 1. The first kappa shape index (κ1) is 11.9. The van der Waals surface area contributed by atoms with E-state index in [0.29, 0.717) is 12.3 Å². The van der Waals surface area contributed by atoms with Crippen LogP contribution in [0.2, 0.25) is 0 Å². The SMILES string of the molecule is C=C/C(=C\C=C/C)Cc1nnc(C(N)=O)o1. The molecule has 0 spiro atoms. The number of allylic oxidation sites excluding steroid dienone is 5. The van der Waals surface area contributed by atoms with E-state index < -0.39 is 5.91 Å². The first-order chi connectivity index (χ1) is 7.67. The molecule has 0 atom stereocenters. The van der Waals surface area contributed by atoms with Crippen molar-refractivity contribution in [2.45, 2.75) is 13.3 Å². The number of nitrogens with zero attached hydrogens (tertiary/aromatic N) is 2. The zero-order valence-corrected chi connectivity index (χ0v) is 9.01. The molecule has 0 fully saturated rings. The van der Waals surface area contributed by atoms with E-state index in [0.717, 1.165) is 5.57 Å². The van der Waals surface area contributed by atoms with Crippen molar-refractivity contribution in [2.24, 2.45) is 5.73 Å². The van der Waals surface area contributed by atoms with Gasteiger partial charge in [0.25, 0.3) is 0 Å². The lowest BCUT2D eigenvalue weighted by molar-refractivity contribution is 0.0965. The van der Waals surface area contributed by atoms with Crippen LogP contribution in [-0.4, -0.2) is 16.1 Å². The summed E-state index contributed by atoms with van der Waals surface area (Å²) < 4.78 is 5.05. The van der Waals surface area contributed by atoms with E-state index in [1.54, 1.807) is 6.08 Å². The van der Waals surface area contributed by atoms with Crippen molar-refractivity contribution in [1.82, 2.24) is 10.2 Å². The average Bonchev–Trinajstić information content (AvgIpc) is 2.72. The van der Waals surface area contributed by atoms with Gasteiger partial charge < -0.3 is 10.2 Å². The van der Waals surface area contributed by atoms with E-state index in [4.69, 9.17) is 10.2 Å². The van der Waals surface area contributed by atoms with E-state index in [-0.39, 0.29) is 5.89 Å². The summed E-state index contributed by atoms with van der Waals surface area (Å²) in [6.45, 7) is 5.58. The lowest BCUT2D eigenvalue weighted by Crippen LogP contribution is -2.11. The minimum atomic E-state index is -0.726. The predicted octanol–water partition coefficient (Wildman–Crippen LogP) is 1.40. The maximum atomic E-state index is 10.7. The topological polar surface area (TPSA) is 82.0 Å². The Morgan fingerprint density at radius 3 is 2.81 bits per heavy atom. The minimum absolute atomic E-state index is 0.176. The zero-order valence-electron chi connectivity index (χ0n) is 9.01. The molecule has 1 rings (SSSR count). The highest BCUT2D eigenvalue weighted by atomic mass is 16.4. The molecule has 84 valence electrons. The zero-order chi connectivity index (χ0) is 12.0. The Morgan fingerprint density at radius 2 is 2.31 bits per heavy atom. The van der Waals surface area contributed by atoms with Crippen LogP contribution in [0.5, 0.6) is 0 Å². The van der Waals surface area contributed by atoms with E-state index in [1.165, 1.54) is 0 Å². The van der Waals surface area contributed by atoms with Crippen LogP contribution in [0.3, 0.4) is 0 Å². The number of carbonyl (C=O) groups excluding carboxylic acids is 1. The van der Waals surface area contributed by atoms with Gasteiger partial charge in [-0.15, -0.1) is 10.2 Å². The third-order valence-corrected chi connectivity index (χ3v) is 1.80. The molecule has 2 N–H and O–H groups in total. The fourth-order valence-corrected chi connectivity index (χ4v) is 1.02. The number of aromatic nitrogens is 2. The molecule has 0 aliphatic rings. The predicted molar refractivity (Wildman–Crippen MR) is 59.6 cm³/mol. The second-order valence-corrected chi connectivity index (χ2v) is 3.01. The van der Waals surface area contributed by atoms with Gasteiger partial charge in [-0.3, -0.25) is 4.79 Å². The molecule has 5 nitrogen and oxygen atoms in total. The normalized spacial score (nSPS) is 11.9. The Hall–Kier alpha value is -2.17. The molecule has 0 unspecified atom stereocenters. The van der Waals surface area contributed by atoms with Crippen molar-refractivity contribution in [1.29, 1.82) is 0 Å². The van der Waals surface area contributed by atoms with Crippen LogP contribution in [0, 0.1) is 0 Å². The summed E-state index contributed by atoms with van der Waals surface area (Å²) >= 11 is 0. The molecule has 0 saturated heterocycles. The summed E-state index contributed by atoms with van der Waals surface area (Å²) in [5, 5.41) is 7.22. The summed E-state index contributed by atoms with van der Waals surface area (Å²) in [4.78, 5) is 10.7. The summed E-state index contributed by atoms with van der Waals surface area (Å²) in [6, 6.07) is 0. The molecule has 5 heteroatoms. The van der Waals surface area contributed by atoms with Crippen molar-refractivity contribution in [3.8, 4) is 0 Å². The highest BCUT2D eigenvalue weighted by Crippen LogP contribution is 2.08. The lowest BCUT2D eigenvalue weighted by Gasteiger charge is -1.94. The summed E-state index contributed by atoms with van der Waals surface area (Å²) in [5.41, 5.74) is 5.90. The van der Waals surface area contributed by atoms with Crippen molar-refractivity contribution in [3.63, 3.8) is 0 Å². The van der Waals surface area contributed by atoms with Crippen LogP contribution >= 0.6 is 0 Å². The van der Waals surface area contributed by atoms with Crippen molar-refractivity contribution in [2.75, 3.05) is 0 Å². The first-order valence-corrected chi connectivity index (χ1v) is 4.73. The summed E-state index contributed by atoms with van der Waals surface area (Å²) in [7, 11) is 0. The molecular formula is C11H13N3O2. The molecule has 0 bridgehead atoms. The number of carbonyl (C=O) groups is 1. The highest BCUT2D eigenvalue weighted by molar-refractivity contribution is 5.87. The summed E-state index contributed by atoms with van der Waals surface area (Å²) in [5.74, 6) is -0.565. The highest BCUT2D eigenvalue weighted by Gasteiger charge is 2.11. The Morgan fingerprint density at radius 1 is 1.56 bits per heavy atom. The first-order valence-electron chi connectivity index (χ1n) is 4.73. The van der Waals surface area contributed by atoms with Crippen LogP contribution < -0.4 is 5.73 Å². The van der Waals surface area contributed by atoms with Gasteiger partial charge in [-0.25, -0.2) is 0 Å². The van der Waals surface area contributed by atoms with Gasteiger partial charge in [0.05, 0.1) is 6.42 Å². The van der Waals surface area contributed by atoms with E-state index in [1.807, 2.05) is 25.2 Å². The van der Waals surface area contributed by atoms with Gasteiger partial charge in [0.2, 0.25) is 5.89 Å². The molecule has 1 aromatic rings. The van der Waals surface area contributed by atoms with Crippen LogP contribution in [0.1, 0.15) is 23.5 Å². The molecule has 0 aliphatic carbocycles. The molecule has 0 aliphatic heterocycles. The van der Waals surface area contributed by atoms with Gasteiger partial charge in [0.1, 0.15) is 0 Å². The van der Waals surface area contributed by atoms with Gasteiger partial charge in [-0.2, -0.15) is 0 Å². The standard InChI is InChI=1S/C11H13N3O2/c1-3-5-6-8(4-2)7-9-13-14-11(16-9)10(12)15/h3-6H,2,7H2,1H3,(H2,12,15)/b5-3-,8-6+. The molecule has 1 heterocycles. The van der Waals surface area contributed by atoms with E-state index in [9.17, 15) is 4.79 Å². The van der Waals surface area contributed by atoms with Gasteiger partial charge in [0, 0.05) is 0 Å². The number of hydrogen-bond acceptors (Lipinski definition) is 4. The monoisotopic (exact) mass is 219 g/mol. The molecule has 1 aromatic heterocycles. The number of primary amides is 1. The second kappa shape index (κ2) is 5.65. The Kier molecular flexibility index (Phi) is 4.20. The third kappa shape index (κ3) is 3.20. The fourth-order valence-electron chi connectivity index (χ4n) is 1.02. The Balaban J connectivity index is 2.78. The van der Waals surface area contributed by atoms with E-state index in [2.05, 4.69) is 16.8 Å². The van der Waals surface area contributed by atoms with Gasteiger partial charge in [-0.05, 0) is 12.5 Å². The van der Waals surface area contributed by atoms with Crippen LogP contribution in [0.4, 0.5) is 0 Å². The van der Waals surface area contributed by atoms with Crippen molar-refractivity contribution >= 4 is 5.91 Å². The average molecular weight is 219 g/mol. The van der Waals surface area contributed by atoms with Crippen molar-refractivity contribution in [3.05, 3.63) is 48.2 Å². The smallest absolute Gasteiger partial charge is 0.306 e. The maximum Gasteiger partial charge on any atom is 0.306 e. The molecule has 1 amide bonds. The van der Waals surface area contributed by atoms with Gasteiger partial charge in [0.15, 0.2) is 0 Å². The van der Waals surface area contributed by atoms with Gasteiger partial charge >= 0.3 is 11.8 Å². The lowest BCUT2D eigenvalue weighted by atomic mass is 10.1. The fraction of sp³-hybridized carbons (Fsp3) is 0.182. The van der Waals surface area contributed by atoms with Gasteiger partial charge in [-0.1, -0.05) is 30.9 Å². The Labute approximate surface area is 93.4 Å². The minimum Gasteiger partial charge on any atom is -0.417 e. The molecular weight excluding hydrogens is 206 g/mol. The van der Waals surface area contributed by atoms with E-state index >= 15 is 0 Å². The number of nitrogens with two attached hydrogens (primary N) is 1. The molecule has 0 saturated carbocycles. The maximum absolute atomic E-state index is 10.7. The molecule has 16 heavy (non-hydrogen) atoms. The number of rotatable bonds is 5. The number of amides is 1. The largest absolute Gasteiger partial charge is 0.417 e. The quantitative estimate of drug-likeness (QED) is 0.759. The molecule has 0 aromatic carbocycles. The van der Waals surface area contributed by atoms with Crippen LogP contribution in [0.25, 0.3) is 0 Å².